The van der Waals surface area contributed by atoms with Gasteiger partial charge < -0.3 is 0 Å². The van der Waals surface area contributed by atoms with Gasteiger partial charge in [0, 0.05) is 16.6 Å². The Bertz CT molecular complexity index is 881. The Morgan fingerprint density at radius 3 is 2.58 bits per heavy atom. The van der Waals surface area contributed by atoms with Crippen molar-refractivity contribution in [3.05, 3.63) is 73.6 Å². The Morgan fingerprint density at radius 1 is 1.21 bits per heavy atom. The zero-order valence-corrected chi connectivity index (χ0v) is 15.2. The zero-order valence-electron chi connectivity index (χ0n) is 12.0. The maximum absolute atomic E-state index is 12.6. The lowest BCUT2D eigenvalue weighted by atomic mass is 10.2. The van der Waals surface area contributed by atoms with Crippen molar-refractivity contribution in [3.63, 3.8) is 0 Å². The summed E-state index contributed by atoms with van der Waals surface area (Å²) in [6, 6.07) is 13.4. The highest BCUT2D eigenvalue weighted by molar-refractivity contribution is 9.10. The van der Waals surface area contributed by atoms with Crippen LogP contribution in [0.1, 0.15) is 5.56 Å². The van der Waals surface area contributed by atoms with Crippen LogP contribution in [0, 0.1) is 10.1 Å². The summed E-state index contributed by atoms with van der Waals surface area (Å²) in [6.45, 7) is 0. The van der Waals surface area contributed by atoms with E-state index in [1.165, 1.54) is 28.8 Å². The van der Waals surface area contributed by atoms with Crippen LogP contribution in [-0.2, 0) is 4.79 Å². The summed E-state index contributed by atoms with van der Waals surface area (Å²) in [6.07, 6.45) is 1.62. The van der Waals surface area contributed by atoms with Gasteiger partial charge in [-0.3, -0.25) is 19.8 Å². The van der Waals surface area contributed by atoms with Crippen LogP contribution < -0.4 is 4.90 Å². The van der Waals surface area contributed by atoms with E-state index < -0.39 is 4.92 Å². The maximum Gasteiger partial charge on any atom is 0.270 e. The third-order valence-corrected chi connectivity index (χ3v) is 5.09. The van der Waals surface area contributed by atoms with E-state index in [-0.39, 0.29) is 11.6 Å². The average molecular weight is 421 g/mol. The standard InChI is InChI=1S/C16H9BrN2O3S2/c17-11-4-6-12(7-5-11)18-15(20)14(24-16(18)23)9-10-2-1-3-13(8-10)19(21)22/h1-9H/b14-9-. The number of carbonyl (C=O) groups excluding carboxylic acids is 1. The predicted octanol–water partition coefficient (Wildman–Crippen LogP) is 4.76. The van der Waals surface area contributed by atoms with Gasteiger partial charge in [0.25, 0.3) is 11.6 Å². The molecule has 0 aromatic heterocycles. The number of benzene rings is 2. The summed E-state index contributed by atoms with van der Waals surface area (Å²) in [7, 11) is 0. The Kier molecular flexibility index (Phi) is 4.79. The fraction of sp³-hybridized carbons (Fsp3) is 0. The SMILES string of the molecule is O=C1/C(=C/c2cccc([N+](=O)[O-])c2)SC(=S)N1c1ccc(Br)cc1. The number of thiocarbonyl (C=S) groups is 1. The summed E-state index contributed by atoms with van der Waals surface area (Å²) in [5.41, 5.74) is 1.25. The van der Waals surface area contributed by atoms with Gasteiger partial charge in [-0.1, -0.05) is 52.0 Å². The number of nitrogens with zero attached hydrogens (tertiary/aromatic N) is 2. The van der Waals surface area contributed by atoms with Crippen LogP contribution in [0.4, 0.5) is 11.4 Å². The number of nitro groups is 1. The van der Waals surface area contributed by atoms with Gasteiger partial charge in [-0.2, -0.15) is 0 Å². The van der Waals surface area contributed by atoms with E-state index in [9.17, 15) is 14.9 Å². The smallest absolute Gasteiger partial charge is 0.268 e. The van der Waals surface area contributed by atoms with Gasteiger partial charge in [0.2, 0.25) is 0 Å². The van der Waals surface area contributed by atoms with E-state index in [1.807, 2.05) is 12.1 Å². The van der Waals surface area contributed by atoms with Crippen molar-refractivity contribution >= 4 is 67.6 Å². The van der Waals surface area contributed by atoms with Crippen LogP contribution >= 0.6 is 39.9 Å². The second kappa shape index (κ2) is 6.84. The molecule has 5 nitrogen and oxygen atoms in total. The molecule has 24 heavy (non-hydrogen) atoms. The first-order valence-corrected chi connectivity index (χ1v) is 8.75. The molecule has 1 fully saturated rings. The summed E-state index contributed by atoms with van der Waals surface area (Å²) in [4.78, 5) is 24.9. The molecule has 1 aliphatic heterocycles. The largest absolute Gasteiger partial charge is 0.270 e. The van der Waals surface area contributed by atoms with Gasteiger partial charge in [-0.05, 0) is 35.9 Å². The number of carbonyl (C=O) groups is 1. The van der Waals surface area contributed by atoms with Gasteiger partial charge in [0.05, 0.1) is 15.5 Å². The minimum Gasteiger partial charge on any atom is -0.268 e. The van der Waals surface area contributed by atoms with E-state index in [1.54, 1.807) is 30.3 Å². The Balaban J connectivity index is 1.92. The number of thioether (sulfide) groups is 1. The molecule has 0 unspecified atom stereocenters. The Labute approximate surface area is 155 Å². The molecule has 0 saturated carbocycles. The van der Waals surface area contributed by atoms with Gasteiger partial charge >= 0.3 is 0 Å². The fourth-order valence-electron chi connectivity index (χ4n) is 2.16. The van der Waals surface area contributed by atoms with E-state index in [0.29, 0.717) is 20.5 Å². The molecular weight excluding hydrogens is 412 g/mol. The van der Waals surface area contributed by atoms with Crippen LogP contribution in [-0.4, -0.2) is 15.2 Å². The number of anilines is 1. The molecule has 0 bridgehead atoms. The summed E-state index contributed by atoms with van der Waals surface area (Å²) in [5.74, 6) is -0.237. The number of nitro benzene ring substituents is 1. The second-order valence-corrected chi connectivity index (χ2v) is 7.44. The van der Waals surface area contributed by atoms with Crippen LogP contribution in [0.15, 0.2) is 57.9 Å². The van der Waals surface area contributed by atoms with Crippen molar-refractivity contribution < 1.29 is 9.72 Å². The molecule has 0 spiro atoms. The van der Waals surface area contributed by atoms with Gasteiger partial charge in [0.15, 0.2) is 4.32 Å². The highest BCUT2D eigenvalue weighted by atomic mass is 79.9. The number of non-ortho nitro benzene ring substituents is 1. The lowest BCUT2D eigenvalue weighted by Gasteiger charge is -2.14. The van der Waals surface area contributed by atoms with Crippen molar-refractivity contribution in [2.24, 2.45) is 0 Å². The monoisotopic (exact) mass is 420 g/mol. The van der Waals surface area contributed by atoms with Crippen molar-refractivity contribution in [1.82, 2.24) is 0 Å². The minimum absolute atomic E-state index is 0.0212. The quantitative estimate of drug-likeness (QED) is 0.309. The third-order valence-electron chi connectivity index (χ3n) is 3.26. The molecule has 1 amide bonds. The molecule has 8 heteroatoms. The van der Waals surface area contributed by atoms with Crippen molar-refractivity contribution in [3.8, 4) is 0 Å². The lowest BCUT2D eigenvalue weighted by molar-refractivity contribution is -0.384. The summed E-state index contributed by atoms with van der Waals surface area (Å²) < 4.78 is 1.34. The normalized spacial score (nSPS) is 16.0. The summed E-state index contributed by atoms with van der Waals surface area (Å²) >= 11 is 9.83. The van der Waals surface area contributed by atoms with E-state index in [2.05, 4.69) is 15.9 Å². The highest BCUT2D eigenvalue weighted by Gasteiger charge is 2.33. The molecule has 2 aromatic carbocycles. The van der Waals surface area contributed by atoms with E-state index in [4.69, 9.17) is 12.2 Å². The molecule has 120 valence electrons. The van der Waals surface area contributed by atoms with Crippen molar-refractivity contribution in [2.75, 3.05) is 4.90 Å². The van der Waals surface area contributed by atoms with E-state index in [0.717, 1.165) is 4.47 Å². The first kappa shape index (κ1) is 16.8. The zero-order chi connectivity index (χ0) is 17.3. The van der Waals surface area contributed by atoms with Gasteiger partial charge in [-0.25, -0.2) is 0 Å². The number of hydrogen-bond acceptors (Lipinski definition) is 5. The van der Waals surface area contributed by atoms with Crippen LogP contribution in [0.2, 0.25) is 0 Å². The molecular formula is C16H9BrN2O3S2. The molecule has 0 atom stereocenters. The number of hydrogen-bond donors (Lipinski definition) is 0. The van der Waals surface area contributed by atoms with E-state index >= 15 is 0 Å². The van der Waals surface area contributed by atoms with Gasteiger partial charge in [0.1, 0.15) is 0 Å². The molecule has 0 N–H and O–H groups in total. The van der Waals surface area contributed by atoms with Crippen molar-refractivity contribution in [2.45, 2.75) is 0 Å². The fourth-order valence-corrected chi connectivity index (χ4v) is 3.72. The van der Waals surface area contributed by atoms with Crippen LogP contribution in [0.5, 0.6) is 0 Å². The first-order valence-electron chi connectivity index (χ1n) is 6.74. The first-order chi connectivity index (χ1) is 11.5. The molecule has 0 radical (unpaired) electrons. The van der Waals surface area contributed by atoms with Crippen LogP contribution in [0.25, 0.3) is 6.08 Å². The molecule has 2 aromatic rings. The lowest BCUT2D eigenvalue weighted by Crippen LogP contribution is -2.27. The topological polar surface area (TPSA) is 63.4 Å². The van der Waals surface area contributed by atoms with Crippen LogP contribution in [0.3, 0.4) is 0 Å². The summed E-state index contributed by atoms with van der Waals surface area (Å²) in [5, 5.41) is 10.9. The van der Waals surface area contributed by atoms with Crippen molar-refractivity contribution in [1.29, 1.82) is 0 Å². The second-order valence-electron chi connectivity index (χ2n) is 4.85. The number of amides is 1. The molecule has 1 saturated heterocycles. The number of halogens is 1. The molecule has 1 aliphatic rings. The number of rotatable bonds is 3. The Hall–Kier alpha value is -2.03. The molecule has 3 rings (SSSR count). The third kappa shape index (κ3) is 3.40. The molecule has 0 aliphatic carbocycles. The minimum atomic E-state index is -0.468. The average Bonchev–Trinajstić information content (AvgIpc) is 2.83. The Morgan fingerprint density at radius 2 is 1.92 bits per heavy atom. The predicted molar refractivity (Wildman–Crippen MR) is 103 cm³/mol. The highest BCUT2D eigenvalue weighted by Crippen LogP contribution is 2.36. The van der Waals surface area contributed by atoms with Gasteiger partial charge in [-0.15, -0.1) is 0 Å². The molecule has 1 heterocycles. The maximum atomic E-state index is 12.6.